The number of ether oxygens (including phenoxy) is 2. The van der Waals surface area contributed by atoms with Crippen LogP contribution in [0.25, 0.3) is 5.52 Å². The van der Waals surface area contributed by atoms with Crippen molar-refractivity contribution in [2.45, 2.75) is 84.0 Å². The Morgan fingerprint density at radius 2 is 1.83 bits per heavy atom. The van der Waals surface area contributed by atoms with Crippen LogP contribution in [0.1, 0.15) is 65.3 Å². The summed E-state index contributed by atoms with van der Waals surface area (Å²) in [6, 6.07) is 8.62. The van der Waals surface area contributed by atoms with Crippen molar-refractivity contribution in [1.82, 2.24) is 29.5 Å². The summed E-state index contributed by atoms with van der Waals surface area (Å²) in [6.07, 6.45) is 1.98. The van der Waals surface area contributed by atoms with Gasteiger partial charge >= 0.3 is 6.09 Å². The van der Waals surface area contributed by atoms with E-state index in [0.29, 0.717) is 45.8 Å². The molecule has 0 aliphatic carbocycles. The van der Waals surface area contributed by atoms with Gasteiger partial charge in [-0.25, -0.2) is 13.7 Å². The first-order chi connectivity index (χ1) is 22.2. The second-order valence-electron chi connectivity index (χ2n) is 15.1. The number of hydrogen-bond acceptors (Lipinski definition) is 8. The van der Waals surface area contributed by atoms with Crippen LogP contribution in [0.15, 0.2) is 36.5 Å². The van der Waals surface area contributed by atoms with Gasteiger partial charge in [0.15, 0.2) is 0 Å². The Kier molecular flexibility index (Phi) is 9.05. The van der Waals surface area contributed by atoms with Crippen LogP contribution in [0.2, 0.25) is 0 Å². The molecule has 2 aromatic heterocycles. The highest BCUT2D eigenvalue weighted by Gasteiger charge is 2.44. The molecule has 6 rings (SSSR count). The SMILES string of the molecule is C[C@@H]1COCCN1C[C@H]1CN(C(=O)OC(C)(C)C)[C@H](C)CN1CC(=O)N1CC(C)(C)c2c1cc(Cc1ccc(F)cc1)c1cnnn21. The Labute approximate surface area is 276 Å². The maximum atomic E-state index is 14.4. The van der Waals surface area contributed by atoms with Crippen LogP contribution in [0.5, 0.6) is 0 Å². The summed E-state index contributed by atoms with van der Waals surface area (Å²) in [5.74, 6) is -0.276. The molecular weight excluding hydrogens is 601 g/mol. The number of aromatic nitrogens is 3. The lowest BCUT2D eigenvalue weighted by molar-refractivity contribution is -0.121. The highest BCUT2D eigenvalue weighted by molar-refractivity contribution is 5.98. The fourth-order valence-electron chi connectivity index (χ4n) is 7.23. The summed E-state index contributed by atoms with van der Waals surface area (Å²) in [5.41, 5.74) is 3.62. The molecule has 47 heavy (non-hydrogen) atoms. The molecule has 0 bridgehead atoms. The smallest absolute Gasteiger partial charge is 0.410 e. The lowest BCUT2D eigenvalue weighted by Gasteiger charge is -2.47. The van der Waals surface area contributed by atoms with Crippen LogP contribution < -0.4 is 4.90 Å². The molecule has 2 fully saturated rings. The number of benzene rings is 1. The van der Waals surface area contributed by atoms with Crippen LogP contribution in [0, 0.1) is 5.82 Å². The quantitative estimate of drug-likeness (QED) is 0.394. The second-order valence-corrected chi connectivity index (χ2v) is 15.1. The first-order valence-corrected chi connectivity index (χ1v) is 16.7. The zero-order valence-electron chi connectivity index (χ0n) is 28.7. The molecule has 0 N–H and O–H groups in total. The lowest BCUT2D eigenvalue weighted by Crippen LogP contribution is -2.64. The maximum Gasteiger partial charge on any atom is 0.410 e. The first kappa shape index (κ1) is 33.3. The number of anilines is 1. The maximum absolute atomic E-state index is 14.4. The molecule has 3 aliphatic rings. The van der Waals surface area contributed by atoms with Crippen molar-refractivity contribution in [1.29, 1.82) is 0 Å². The van der Waals surface area contributed by atoms with Crippen molar-refractivity contribution in [3.8, 4) is 0 Å². The molecule has 3 atom stereocenters. The van der Waals surface area contributed by atoms with E-state index in [1.807, 2.05) is 42.0 Å². The van der Waals surface area contributed by atoms with E-state index in [1.165, 1.54) is 12.1 Å². The van der Waals surface area contributed by atoms with Crippen LogP contribution >= 0.6 is 0 Å². The van der Waals surface area contributed by atoms with E-state index < -0.39 is 5.60 Å². The van der Waals surface area contributed by atoms with Crippen molar-refractivity contribution in [3.63, 3.8) is 0 Å². The fourth-order valence-corrected chi connectivity index (χ4v) is 7.23. The highest BCUT2D eigenvalue weighted by atomic mass is 19.1. The summed E-state index contributed by atoms with van der Waals surface area (Å²) in [7, 11) is 0. The number of rotatable bonds is 6. The van der Waals surface area contributed by atoms with Crippen molar-refractivity contribution in [2.24, 2.45) is 0 Å². The van der Waals surface area contributed by atoms with E-state index in [1.54, 1.807) is 18.3 Å². The molecule has 254 valence electrons. The Morgan fingerprint density at radius 1 is 1.09 bits per heavy atom. The number of morpholine rings is 1. The van der Waals surface area contributed by atoms with Gasteiger partial charge < -0.3 is 19.3 Å². The summed E-state index contributed by atoms with van der Waals surface area (Å²) in [6.45, 7) is 18.7. The van der Waals surface area contributed by atoms with Gasteiger partial charge in [0.1, 0.15) is 11.4 Å². The molecule has 11 nitrogen and oxygen atoms in total. The zero-order valence-corrected chi connectivity index (χ0v) is 28.7. The summed E-state index contributed by atoms with van der Waals surface area (Å²) >= 11 is 0. The van der Waals surface area contributed by atoms with Gasteiger partial charge in [-0.05, 0) is 70.4 Å². The predicted octanol–water partition coefficient (Wildman–Crippen LogP) is 4.11. The average Bonchev–Trinajstić information content (AvgIpc) is 3.58. The summed E-state index contributed by atoms with van der Waals surface area (Å²) < 4.78 is 27.0. The Bertz CT molecular complexity index is 1620. The molecule has 0 radical (unpaired) electrons. The monoisotopic (exact) mass is 649 g/mol. The Morgan fingerprint density at radius 3 is 2.53 bits per heavy atom. The zero-order chi connectivity index (χ0) is 33.7. The molecule has 0 saturated carbocycles. The third kappa shape index (κ3) is 7.00. The minimum atomic E-state index is -0.598. The molecule has 2 saturated heterocycles. The van der Waals surface area contributed by atoms with Gasteiger partial charge in [0.05, 0.1) is 42.9 Å². The number of halogens is 1. The minimum absolute atomic E-state index is 0.00182. The van der Waals surface area contributed by atoms with Crippen LogP contribution in [0.4, 0.5) is 14.9 Å². The van der Waals surface area contributed by atoms with Crippen LogP contribution in [-0.4, -0.2) is 118 Å². The molecule has 0 spiro atoms. The minimum Gasteiger partial charge on any atom is -0.444 e. The van der Waals surface area contributed by atoms with Gasteiger partial charge in [-0.3, -0.25) is 14.6 Å². The van der Waals surface area contributed by atoms with Gasteiger partial charge in [0.2, 0.25) is 5.91 Å². The number of nitrogens with zero attached hydrogens (tertiary/aromatic N) is 7. The topological polar surface area (TPSA) is 95.8 Å². The summed E-state index contributed by atoms with van der Waals surface area (Å²) in [5, 5.41) is 8.68. The second kappa shape index (κ2) is 12.8. The van der Waals surface area contributed by atoms with E-state index >= 15 is 0 Å². The molecule has 2 amide bonds. The number of pyridine rings is 1. The fraction of sp³-hybridized carbons (Fsp3) is 0.600. The van der Waals surface area contributed by atoms with Crippen LogP contribution in [-0.2, 0) is 26.1 Å². The molecule has 1 aromatic carbocycles. The number of amides is 2. The van der Waals surface area contributed by atoms with Crippen molar-refractivity contribution in [2.75, 3.05) is 57.4 Å². The average molecular weight is 650 g/mol. The van der Waals surface area contributed by atoms with E-state index in [2.05, 4.69) is 46.9 Å². The summed E-state index contributed by atoms with van der Waals surface area (Å²) in [4.78, 5) is 36.0. The number of piperazine rings is 1. The number of fused-ring (bicyclic) bond motifs is 3. The number of carbonyl (C=O) groups excluding carboxylic acids is 2. The van der Waals surface area contributed by atoms with Crippen molar-refractivity contribution >= 4 is 23.2 Å². The number of hydrogen-bond donors (Lipinski definition) is 0. The standard InChI is InChI=1S/C35H48FN7O4/c1-23-17-40(28(18-39-12-13-46-21-24(39)2)19-41(23)33(45)47-34(3,4)5)20-31(44)42-22-35(6,7)32-29(42)15-26(30-16-37-38-43(30)32)14-25-8-10-27(36)11-9-25/h8-11,15-16,23-24,28H,12-14,17-22H2,1-7H3/t23-,24-,28+/m1/s1. The van der Waals surface area contributed by atoms with Gasteiger partial charge in [-0.2, -0.15) is 0 Å². The van der Waals surface area contributed by atoms with Crippen LogP contribution in [0.3, 0.4) is 0 Å². The Balaban J connectivity index is 1.28. The molecule has 12 heteroatoms. The van der Waals surface area contributed by atoms with E-state index in [4.69, 9.17) is 9.47 Å². The highest BCUT2D eigenvalue weighted by Crippen LogP contribution is 2.42. The molecule has 0 unspecified atom stereocenters. The van der Waals surface area contributed by atoms with Gasteiger partial charge in [-0.15, -0.1) is 5.10 Å². The van der Waals surface area contributed by atoms with E-state index in [9.17, 15) is 14.0 Å². The molecular formula is C35H48FN7O4. The molecule has 3 aliphatic heterocycles. The molecule has 3 aromatic rings. The van der Waals surface area contributed by atoms with E-state index in [-0.39, 0.29) is 47.9 Å². The Hall–Kier alpha value is -3.61. The molecule has 5 heterocycles. The lowest BCUT2D eigenvalue weighted by atomic mass is 9.90. The van der Waals surface area contributed by atoms with Crippen molar-refractivity contribution < 1.29 is 23.5 Å². The third-order valence-electron chi connectivity index (χ3n) is 9.61. The number of carbonyl (C=O) groups is 2. The van der Waals surface area contributed by atoms with Crippen molar-refractivity contribution in [3.05, 3.63) is 59.2 Å². The van der Waals surface area contributed by atoms with Gasteiger partial charge in [-0.1, -0.05) is 31.2 Å². The van der Waals surface area contributed by atoms with Gasteiger partial charge in [0, 0.05) is 56.3 Å². The largest absolute Gasteiger partial charge is 0.444 e. The normalized spacial score (nSPS) is 23.7. The predicted molar refractivity (Wildman–Crippen MR) is 177 cm³/mol. The first-order valence-electron chi connectivity index (χ1n) is 16.7. The van der Waals surface area contributed by atoms with Gasteiger partial charge in [0.25, 0.3) is 0 Å². The van der Waals surface area contributed by atoms with E-state index in [0.717, 1.165) is 34.6 Å². The third-order valence-corrected chi connectivity index (χ3v) is 9.61.